The Morgan fingerprint density at radius 2 is 2.20 bits per heavy atom. The molecule has 3 N–H and O–H groups in total. The van der Waals surface area contributed by atoms with Crippen LogP contribution >= 0.6 is 11.3 Å². The van der Waals surface area contributed by atoms with Gasteiger partial charge in [0, 0.05) is 29.5 Å². The number of aromatic nitrogens is 2. The Kier molecular flexibility index (Phi) is 4.92. The Hall–Kier alpha value is -1.22. The van der Waals surface area contributed by atoms with Crippen LogP contribution in [0.3, 0.4) is 0 Å². The highest BCUT2D eigenvalue weighted by atomic mass is 32.2. The van der Waals surface area contributed by atoms with Crippen molar-refractivity contribution in [2.24, 2.45) is 0 Å². The van der Waals surface area contributed by atoms with Crippen molar-refractivity contribution in [2.75, 3.05) is 7.05 Å². The maximum atomic E-state index is 12.1. The second-order valence-corrected chi connectivity index (χ2v) is 7.26. The number of nitrogens with zero attached hydrogens (tertiary/aromatic N) is 1. The molecule has 2 aromatic heterocycles. The van der Waals surface area contributed by atoms with E-state index in [0.29, 0.717) is 6.54 Å². The molecule has 2 rings (SSSR count). The number of sulfonamides is 1. The average Bonchev–Trinajstić information content (AvgIpc) is 3.06. The highest BCUT2D eigenvalue weighted by molar-refractivity contribution is 7.89. The van der Waals surface area contributed by atoms with Crippen molar-refractivity contribution in [2.45, 2.75) is 31.3 Å². The van der Waals surface area contributed by atoms with Gasteiger partial charge in [-0.05, 0) is 19.5 Å². The number of hydrogen-bond donors (Lipinski definition) is 3. The first-order valence-electron chi connectivity index (χ1n) is 6.30. The lowest BCUT2D eigenvalue weighted by molar-refractivity contribution is 0.581. The number of aryl methyl sites for hydroxylation is 1. The molecule has 0 radical (unpaired) electrons. The van der Waals surface area contributed by atoms with E-state index in [1.807, 2.05) is 6.92 Å². The molecule has 0 atom stereocenters. The van der Waals surface area contributed by atoms with Crippen molar-refractivity contribution in [3.8, 4) is 0 Å². The lowest BCUT2D eigenvalue weighted by Crippen LogP contribution is -2.22. The lowest BCUT2D eigenvalue weighted by Gasteiger charge is -2.02. The van der Waals surface area contributed by atoms with E-state index in [1.54, 1.807) is 19.3 Å². The number of hydrogen-bond acceptors (Lipinski definition) is 5. The molecule has 0 bridgehead atoms. The fraction of sp³-hybridized carbons (Fsp3) is 0.417. The summed E-state index contributed by atoms with van der Waals surface area (Å²) in [5, 5.41) is 3.74. The molecule has 2 aromatic rings. The molecule has 0 fully saturated rings. The first kappa shape index (κ1) is 15.2. The summed E-state index contributed by atoms with van der Waals surface area (Å²) in [5.41, 5.74) is 0.829. The van der Waals surface area contributed by atoms with Gasteiger partial charge in [0.25, 0.3) is 0 Å². The van der Waals surface area contributed by atoms with Crippen molar-refractivity contribution in [3.05, 3.63) is 34.0 Å². The first-order valence-corrected chi connectivity index (χ1v) is 8.60. The minimum absolute atomic E-state index is 0.222. The Morgan fingerprint density at radius 3 is 2.85 bits per heavy atom. The number of rotatable bonds is 7. The Labute approximate surface area is 122 Å². The molecule has 0 spiro atoms. The topological polar surface area (TPSA) is 86.9 Å². The van der Waals surface area contributed by atoms with Crippen molar-refractivity contribution < 1.29 is 8.42 Å². The van der Waals surface area contributed by atoms with Gasteiger partial charge in [-0.2, -0.15) is 0 Å². The normalized spacial score (nSPS) is 11.9. The zero-order valence-electron chi connectivity index (χ0n) is 11.4. The van der Waals surface area contributed by atoms with Gasteiger partial charge in [0.1, 0.15) is 5.01 Å². The maximum absolute atomic E-state index is 12.1. The highest BCUT2D eigenvalue weighted by Crippen LogP contribution is 2.15. The third kappa shape index (κ3) is 3.66. The third-order valence-corrected chi connectivity index (χ3v) is 5.28. The van der Waals surface area contributed by atoms with Crippen LogP contribution in [-0.4, -0.2) is 25.4 Å². The molecule has 0 aliphatic rings. The van der Waals surface area contributed by atoms with E-state index in [0.717, 1.165) is 22.0 Å². The number of aromatic amines is 1. The van der Waals surface area contributed by atoms with Crippen molar-refractivity contribution >= 4 is 21.4 Å². The number of thiazole rings is 1. The molecule has 0 aromatic carbocycles. The summed E-state index contributed by atoms with van der Waals surface area (Å²) >= 11 is 1.53. The van der Waals surface area contributed by atoms with Gasteiger partial charge in [0.15, 0.2) is 0 Å². The molecule has 0 saturated carbocycles. The third-order valence-electron chi connectivity index (χ3n) is 2.76. The molecule has 6 nitrogen and oxygen atoms in total. The molecule has 0 unspecified atom stereocenters. The van der Waals surface area contributed by atoms with Gasteiger partial charge in [-0.15, -0.1) is 11.3 Å². The molecular weight excluding hydrogens is 296 g/mol. The van der Waals surface area contributed by atoms with Gasteiger partial charge in [0.05, 0.1) is 11.4 Å². The van der Waals surface area contributed by atoms with Gasteiger partial charge in [-0.25, -0.2) is 18.1 Å². The zero-order chi connectivity index (χ0) is 14.6. The van der Waals surface area contributed by atoms with Crippen LogP contribution in [0.15, 0.2) is 23.4 Å². The minimum atomic E-state index is -3.50. The fourth-order valence-corrected chi connectivity index (χ4v) is 3.60. The monoisotopic (exact) mass is 314 g/mol. The highest BCUT2D eigenvalue weighted by Gasteiger charge is 2.16. The Bertz CT molecular complexity index is 661. The molecule has 0 amide bonds. The van der Waals surface area contributed by atoms with Crippen molar-refractivity contribution in [1.82, 2.24) is 20.0 Å². The van der Waals surface area contributed by atoms with Crippen molar-refractivity contribution in [1.29, 1.82) is 0 Å². The zero-order valence-corrected chi connectivity index (χ0v) is 13.1. The van der Waals surface area contributed by atoms with Gasteiger partial charge in [-0.3, -0.25) is 0 Å². The number of H-pyrrole nitrogens is 1. The van der Waals surface area contributed by atoms with E-state index in [2.05, 4.69) is 20.0 Å². The number of nitrogens with one attached hydrogen (secondary N) is 3. The van der Waals surface area contributed by atoms with Crippen LogP contribution < -0.4 is 10.0 Å². The lowest BCUT2D eigenvalue weighted by atomic mass is 10.4. The summed E-state index contributed by atoms with van der Waals surface area (Å²) in [4.78, 5) is 8.52. The van der Waals surface area contributed by atoms with Crippen LogP contribution in [0, 0.1) is 0 Å². The van der Waals surface area contributed by atoms with E-state index >= 15 is 0 Å². The molecule has 0 saturated heterocycles. The van der Waals surface area contributed by atoms with Gasteiger partial charge < -0.3 is 10.3 Å². The van der Waals surface area contributed by atoms with Crippen LogP contribution in [-0.2, 0) is 29.5 Å². The van der Waals surface area contributed by atoms with Gasteiger partial charge >= 0.3 is 0 Å². The predicted octanol–water partition coefficient (Wildman–Crippen LogP) is 1.23. The SMILES string of the molecule is CCc1cnc(CNS(=O)(=O)c2c[nH]c(CNC)c2)s1. The maximum Gasteiger partial charge on any atom is 0.242 e. The summed E-state index contributed by atoms with van der Waals surface area (Å²) < 4.78 is 26.8. The van der Waals surface area contributed by atoms with Crippen LogP contribution in [0.25, 0.3) is 0 Å². The molecule has 110 valence electrons. The smallest absolute Gasteiger partial charge is 0.242 e. The molecule has 20 heavy (non-hydrogen) atoms. The predicted molar refractivity (Wildman–Crippen MR) is 79.1 cm³/mol. The van der Waals surface area contributed by atoms with E-state index in [9.17, 15) is 8.42 Å². The summed E-state index contributed by atoms with van der Waals surface area (Å²) in [6.45, 7) is 2.87. The summed E-state index contributed by atoms with van der Waals surface area (Å²) in [6.07, 6.45) is 4.19. The molecule has 2 heterocycles. The molecule has 0 aliphatic heterocycles. The molecule has 0 aliphatic carbocycles. The fourth-order valence-electron chi connectivity index (χ4n) is 1.70. The van der Waals surface area contributed by atoms with Gasteiger partial charge in [-0.1, -0.05) is 6.92 Å². The summed E-state index contributed by atoms with van der Waals surface area (Å²) in [7, 11) is -1.69. The van der Waals surface area contributed by atoms with E-state index < -0.39 is 10.0 Å². The van der Waals surface area contributed by atoms with Crippen molar-refractivity contribution in [3.63, 3.8) is 0 Å². The summed E-state index contributed by atoms with van der Waals surface area (Å²) in [6, 6.07) is 1.62. The van der Waals surface area contributed by atoms with E-state index in [-0.39, 0.29) is 11.4 Å². The first-order chi connectivity index (χ1) is 9.55. The van der Waals surface area contributed by atoms with E-state index in [4.69, 9.17) is 0 Å². The molecule has 8 heteroatoms. The standard InChI is InChI=1S/C12H18N4O2S2/c1-3-10-6-15-12(19-10)8-16-20(17,18)11-4-9(5-13-2)14-7-11/h4,6-7,13-14,16H,3,5,8H2,1-2H3. The molecular formula is C12H18N4O2S2. The van der Waals surface area contributed by atoms with Crippen LogP contribution in [0.1, 0.15) is 22.5 Å². The minimum Gasteiger partial charge on any atom is -0.363 e. The quantitative estimate of drug-likeness (QED) is 0.717. The second kappa shape index (κ2) is 6.49. The largest absolute Gasteiger partial charge is 0.363 e. The van der Waals surface area contributed by atoms with Crippen LogP contribution in [0.2, 0.25) is 0 Å². The Morgan fingerprint density at radius 1 is 1.40 bits per heavy atom. The Balaban J connectivity index is 2.02. The van der Waals surface area contributed by atoms with Crippen LogP contribution in [0.4, 0.5) is 0 Å². The average molecular weight is 314 g/mol. The summed E-state index contributed by atoms with van der Waals surface area (Å²) in [5.74, 6) is 0. The van der Waals surface area contributed by atoms with E-state index in [1.165, 1.54) is 17.5 Å². The van der Waals surface area contributed by atoms with Gasteiger partial charge in [0.2, 0.25) is 10.0 Å². The van der Waals surface area contributed by atoms with Crippen LogP contribution in [0.5, 0.6) is 0 Å². The second-order valence-electron chi connectivity index (χ2n) is 4.29.